The Kier molecular flexibility index (Phi) is 5.72. The van der Waals surface area contributed by atoms with Crippen LogP contribution in [0.15, 0.2) is 22.8 Å². The smallest absolute Gasteiger partial charge is 0.234 e. The summed E-state index contributed by atoms with van der Waals surface area (Å²) in [6, 6.07) is 3.60. The zero-order valence-electron chi connectivity index (χ0n) is 10.3. The second kappa shape index (κ2) is 7.09. The van der Waals surface area contributed by atoms with Crippen molar-refractivity contribution < 1.29 is 14.3 Å². The van der Waals surface area contributed by atoms with Crippen molar-refractivity contribution in [1.82, 2.24) is 10.2 Å². The topological polar surface area (TPSA) is 65.7 Å². The van der Waals surface area contributed by atoms with Crippen molar-refractivity contribution in [3.63, 3.8) is 0 Å². The van der Waals surface area contributed by atoms with Gasteiger partial charge in [0.1, 0.15) is 5.76 Å². The molecule has 0 saturated heterocycles. The van der Waals surface area contributed by atoms with Crippen molar-refractivity contribution in [3.8, 4) is 0 Å². The summed E-state index contributed by atoms with van der Waals surface area (Å²) in [5.41, 5.74) is 0. The van der Waals surface area contributed by atoms with Crippen molar-refractivity contribution in [2.24, 2.45) is 0 Å². The van der Waals surface area contributed by atoms with Crippen LogP contribution in [0.3, 0.4) is 0 Å². The van der Waals surface area contributed by atoms with Crippen LogP contribution in [0.2, 0.25) is 0 Å². The van der Waals surface area contributed by atoms with E-state index >= 15 is 0 Å². The van der Waals surface area contributed by atoms with Crippen LogP contribution in [0.5, 0.6) is 0 Å². The van der Waals surface area contributed by atoms with Gasteiger partial charge in [-0.1, -0.05) is 0 Å². The maximum Gasteiger partial charge on any atom is 0.234 e. The molecular formula is C12H20N2O3. The molecule has 5 nitrogen and oxygen atoms in total. The Morgan fingerprint density at radius 3 is 3.00 bits per heavy atom. The molecule has 0 bridgehead atoms. The molecule has 1 unspecified atom stereocenters. The number of aliphatic hydroxyl groups is 1. The fourth-order valence-corrected chi connectivity index (χ4v) is 1.39. The number of aliphatic hydroxyl groups excluding tert-OH is 1. The molecule has 1 amide bonds. The number of amides is 1. The fraction of sp³-hybridized carbons (Fsp3) is 0.583. The van der Waals surface area contributed by atoms with Gasteiger partial charge in [-0.2, -0.15) is 0 Å². The number of hydrogen-bond donors (Lipinski definition) is 2. The monoisotopic (exact) mass is 240 g/mol. The largest absolute Gasteiger partial charge is 0.467 e. The van der Waals surface area contributed by atoms with E-state index in [1.54, 1.807) is 19.3 Å². The van der Waals surface area contributed by atoms with Crippen LogP contribution in [0.1, 0.15) is 19.1 Å². The zero-order valence-corrected chi connectivity index (χ0v) is 10.3. The highest BCUT2D eigenvalue weighted by Crippen LogP contribution is 1.98. The molecule has 1 rings (SSSR count). The van der Waals surface area contributed by atoms with E-state index in [9.17, 15) is 4.79 Å². The average molecular weight is 240 g/mol. The summed E-state index contributed by atoms with van der Waals surface area (Å²) in [4.78, 5) is 13.4. The Morgan fingerprint density at radius 2 is 2.41 bits per heavy atom. The Hall–Kier alpha value is -1.33. The predicted octanol–water partition coefficient (Wildman–Crippen LogP) is 0.598. The summed E-state index contributed by atoms with van der Waals surface area (Å²) in [5, 5.41) is 11.9. The summed E-state index contributed by atoms with van der Waals surface area (Å²) >= 11 is 0. The van der Waals surface area contributed by atoms with E-state index in [1.807, 2.05) is 18.0 Å². The van der Waals surface area contributed by atoms with Gasteiger partial charge in [-0.25, -0.2) is 0 Å². The summed E-state index contributed by atoms with van der Waals surface area (Å²) in [5.74, 6) is 0.694. The second-order valence-corrected chi connectivity index (χ2v) is 4.23. The first-order valence-electron chi connectivity index (χ1n) is 5.73. The third-order valence-electron chi connectivity index (χ3n) is 2.38. The Labute approximate surface area is 101 Å². The SMILES string of the molecule is CC(O)CCN(C)CC(=O)NCc1ccco1. The van der Waals surface area contributed by atoms with Gasteiger partial charge in [-0.3, -0.25) is 9.69 Å². The lowest BCUT2D eigenvalue weighted by atomic mass is 10.3. The highest BCUT2D eigenvalue weighted by molar-refractivity contribution is 5.77. The lowest BCUT2D eigenvalue weighted by Gasteiger charge is -2.16. The molecule has 0 radical (unpaired) electrons. The van der Waals surface area contributed by atoms with E-state index in [-0.39, 0.29) is 12.0 Å². The minimum Gasteiger partial charge on any atom is -0.467 e. The molecule has 0 aromatic carbocycles. The molecule has 1 aromatic rings. The van der Waals surface area contributed by atoms with E-state index in [2.05, 4.69) is 5.32 Å². The van der Waals surface area contributed by atoms with Crippen LogP contribution in [0.4, 0.5) is 0 Å². The molecule has 2 N–H and O–H groups in total. The van der Waals surface area contributed by atoms with Crippen LogP contribution in [0, 0.1) is 0 Å². The van der Waals surface area contributed by atoms with E-state index < -0.39 is 0 Å². The fourth-order valence-electron chi connectivity index (χ4n) is 1.39. The zero-order chi connectivity index (χ0) is 12.7. The molecule has 5 heteroatoms. The third-order valence-corrected chi connectivity index (χ3v) is 2.38. The molecule has 0 fully saturated rings. The molecule has 1 heterocycles. The van der Waals surface area contributed by atoms with E-state index in [0.717, 1.165) is 5.76 Å². The number of carbonyl (C=O) groups is 1. The van der Waals surface area contributed by atoms with Crippen molar-refractivity contribution in [2.45, 2.75) is 26.0 Å². The van der Waals surface area contributed by atoms with Crippen molar-refractivity contribution in [3.05, 3.63) is 24.2 Å². The van der Waals surface area contributed by atoms with Crippen LogP contribution >= 0.6 is 0 Å². The van der Waals surface area contributed by atoms with E-state index in [4.69, 9.17) is 9.52 Å². The molecular weight excluding hydrogens is 220 g/mol. The van der Waals surface area contributed by atoms with Crippen LogP contribution in [-0.4, -0.2) is 42.2 Å². The number of nitrogens with one attached hydrogen (secondary N) is 1. The number of carbonyl (C=O) groups excluding carboxylic acids is 1. The highest BCUT2D eigenvalue weighted by Gasteiger charge is 2.07. The number of rotatable bonds is 7. The predicted molar refractivity (Wildman–Crippen MR) is 64.3 cm³/mol. The van der Waals surface area contributed by atoms with Crippen molar-refractivity contribution in [1.29, 1.82) is 0 Å². The van der Waals surface area contributed by atoms with Gasteiger partial charge in [0.2, 0.25) is 5.91 Å². The molecule has 17 heavy (non-hydrogen) atoms. The summed E-state index contributed by atoms with van der Waals surface area (Å²) in [6.45, 7) is 3.18. The molecule has 0 saturated carbocycles. The molecule has 0 aliphatic carbocycles. The van der Waals surface area contributed by atoms with Crippen molar-refractivity contribution >= 4 is 5.91 Å². The maximum atomic E-state index is 11.5. The molecule has 96 valence electrons. The van der Waals surface area contributed by atoms with E-state index in [1.165, 1.54) is 0 Å². The van der Waals surface area contributed by atoms with Crippen LogP contribution in [-0.2, 0) is 11.3 Å². The van der Waals surface area contributed by atoms with Gasteiger partial charge in [-0.05, 0) is 32.5 Å². The highest BCUT2D eigenvalue weighted by atomic mass is 16.3. The number of nitrogens with zero attached hydrogens (tertiary/aromatic N) is 1. The first-order chi connectivity index (χ1) is 8.08. The first kappa shape index (κ1) is 13.7. The summed E-state index contributed by atoms with van der Waals surface area (Å²) in [6.07, 6.45) is 1.92. The second-order valence-electron chi connectivity index (χ2n) is 4.23. The summed E-state index contributed by atoms with van der Waals surface area (Å²) < 4.78 is 5.11. The minimum atomic E-state index is -0.330. The van der Waals surface area contributed by atoms with Gasteiger partial charge in [-0.15, -0.1) is 0 Å². The van der Waals surface area contributed by atoms with Gasteiger partial charge in [0, 0.05) is 6.54 Å². The van der Waals surface area contributed by atoms with Gasteiger partial charge < -0.3 is 14.8 Å². The Balaban J connectivity index is 2.16. The Bertz CT molecular complexity index is 323. The average Bonchev–Trinajstić information content (AvgIpc) is 2.76. The molecule has 1 atom stereocenters. The maximum absolute atomic E-state index is 11.5. The van der Waals surface area contributed by atoms with Crippen LogP contribution < -0.4 is 5.32 Å². The molecule has 0 spiro atoms. The van der Waals surface area contributed by atoms with Gasteiger partial charge >= 0.3 is 0 Å². The van der Waals surface area contributed by atoms with Crippen molar-refractivity contribution in [2.75, 3.05) is 20.1 Å². The standard InChI is InChI=1S/C12H20N2O3/c1-10(15)5-6-14(2)9-12(16)13-8-11-4-3-7-17-11/h3-4,7,10,15H,5-6,8-9H2,1-2H3,(H,13,16). The van der Waals surface area contributed by atoms with Crippen LogP contribution in [0.25, 0.3) is 0 Å². The van der Waals surface area contributed by atoms with E-state index in [0.29, 0.717) is 26.1 Å². The number of hydrogen-bond acceptors (Lipinski definition) is 4. The molecule has 1 aromatic heterocycles. The Morgan fingerprint density at radius 1 is 1.65 bits per heavy atom. The van der Waals surface area contributed by atoms with Gasteiger partial charge in [0.05, 0.1) is 25.5 Å². The number of furan rings is 1. The normalized spacial score (nSPS) is 12.7. The first-order valence-corrected chi connectivity index (χ1v) is 5.73. The molecule has 0 aliphatic rings. The lowest BCUT2D eigenvalue weighted by molar-refractivity contribution is -0.122. The minimum absolute atomic E-state index is 0.0468. The summed E-state index contributed by atoms with van der Waals surface area (Å²) in [7, 11) is 1.86. The van der Waals surface area contributed by atoms with Gasteiger partial charge in [0.15, 0.2) is 0 Å². The third kappa shape index (κ3) is 6.09. The number of likely N-dealkylation sites (N-methyl/N-ethyl adjacent to an activating group) is 1. The van der Waals surface area contributed by atoms with Gasteiger partial charge in [0.25, 0.3) is 0 Å². The quantitative estimate of drug-likeness (QED) is 0.732. The lowest BCUT2D eigenvalue weighted by Crippen LogP contribution is -2.35. The molecule has 0 aliphatic heterocycles.